The molecule has 0 saturated carbocycles. The summed E-state index contributed by atoms with van der Waals surface area (Å²) in [6.45, 7) is 2.11. The molecule has 0 unspecified atom stereocenters. The highest BCUT2D eigenvalue weighted by Gasteiger charge is 2.03. The number of aromatic nitrogens is 2. The van der Waals surface area contributed by atoms with Gasteiger partial charge in [-0.25, -0.2) is 0 Å². The molecule has 0 atom stereocenters. The Labute approximate surface area is 100 Å². The molecule has 0 amide bonds. The average Bonchev–Trinajstić information content (AvgIpc) is 2.38. The summed E-state index contributed by atoms with van der Waals surface area (Å²) >= 11 is 0. The first-order valence-electron chi connectivity index (χ1n) is 5.29. The summed E-state index contributed by atoms with van der Waals surface area (Å²) in [4.78, 5) is 0. The first-order valence-corrected chi connectivity index (χ1v) is 5.29. The molecule has 0 aromatic carbocycles. The summed E-state index contributed by atoms with van der Waals surface area (Å²) in [5.41, 5.74) is 0.374. The van der Waals surface area contributed by atoms with Crippen molar-refractivity contribution in [1.82, 2.24) is 10.2 Å². The fourth-order valence-electron chi connectivity index (χ4n) is 1.12. The number of hydrogen-bond donors (Lipinski definition) is 0. The Balaban J connectivity index is 2.16. The lowest BCUT2D eigenvalue weighted by atomic mass is 10.3. The van der Waals surface area contributed by atoms with Crippen LogP contribution in [0.3, 0.4) is 0 Å². The van der Waals surface area contributed by atoms with Crippen LogP contribution in [0.5, 0.6) is 5.88 Å². The van der Waals surface area contributed by atoms with Crippen molar-refractivity contribution < 1.29 is 14.2 Å². The lowest BCUT2D eigenvalue weighted by Crippen LogP contribution is -2.10. The van der Waals surface area contributed by atoms with Gasteiger partial charge < -0.3 is 14.2 Å². The van der Waals surface area contributed by atoms with Crippen molar-refractivity contribution in [1.29, 1.82) is 5.26 Å². The lowest BCUT2D eigenvalue weighted by molar-refractivity contribution is 0.0792. The third kappa shape index (κ3) is 5.24. The first-order chi connectivity index (χ1) is 8.38. The zero-order valence-corrected chi connectivity index (χ0v) is 9.76. The van der Waals surface area contributed by atoms with E-state index >= 15 is 0 Å². The van der Waals surface area contributed by atoms with E-state index in [0.29, 0.717) is 32.0 Å². The van der Waals surface area contributed by atoms with Crippen LogP contribution in [0.15, 0.2) is 12.3 Å². The Morgan fingerprint density at radius 2 is 2.18 bits per heavy atom. The van der Waals surface area contributed by atoms with Crippen molar-refractivity contribution >= 4 is 0 Å². The van der Waals surface area contributed by atoms with E-state index in [0.717, 1.165) is 6.42 Å². The Hall–Kier alpha value is -1.71. The minimum absolute atomic E-state index is 0.246. The molecular formula is C11H15N3O3. The van der Waals surface area contributed by atoms with Crippen LogP contribution in [0.4, 0.5) is 0 Å². The number of nitrogens with zero attached hydrogens (tertiary/aromatic N) is 3. The predicted molar refractivity (Wildman–Crippen MR) is 59.6 cm³/mol. The number of rotatable bonds is 8. The molecule has 0 aliphatic rings. The van der Waals surface area contributed by atoms with E-state index in [2.05, 4.69) is 10.2 Å². The maximum atomic E-state index is 8.78. The van der Waals surface area contributed by atoms with Crippen LogP contribution < -0.4 is 4.74 Å². The van der Waals surface area contributed by atoms with Crippen molar-refractivity contribution in [3.8, 4) is 11.9 Å². The molecule has 0 fully saturated rings. The minimum atomic E-state index is 0.246. The molecule has 6 heteroatoms. The van der Waals surface area contributed by atoms with Crippen molar-refractivity contribution in [3.63, 3.8) is 0 Å². The van der Waals surface area contributed by atoms with Crippen molar-refractivity contribution in [2.24, 2.45) is 0 Å². The normalized spacial score (nSPS) is 9.88. The molecular weight excluding hydrogens is 222 g/mol. The maximum Gasteiger partial charge on any atom is 0.251 e. The summed E-state index contributed by atoms with van der Waals surface area (Å²) in [5.74, 6) is 0.246. The molecule has 1 heterocycles. The second-order valence-electron chi connectivity index (χ2n) is 3.17. The fraction of sp³-hybridized carbons (Fsp3) is 0.545. The smallest absolute Gasteiger partial charge is 0.251 e. The molecule has 1 aromatic rings. The molecule has 17 heavy (non-hydrogen) atoms. The second kappa shape index (κ2) is 8.44. The number of methoxy groups -OCH3 is 1. The molecule has 0 bridgehead atoms. The third-order valence-electron chi connectivity index (χ3n) is 1.91. The van der Waals surface area contributed by atoms with E-state index in [1.54, 1.807) is 13.2 Å². The van der Waals surface area contributed by atoms with Crippen LogP contribution in [-0.4, -0.2) is 43.7 Å². The van der Waals surface area contributed by atoms with Crippen LogP contribution in [0.25, 0.3) is 0 Å². The molecule has 0 radical (unpaired) electrons. The summed E-state index contributed by atoms with van der Waals surface area (Å²) in [5, 5.41) is 16.2. The molecule has 92 valence electrons. The van der Waals surface area contributed by atoms with E-state index in [9.17, 15) is 0 Å². The van der Waals surface area contributed by atoms with Gasteiger partial charge in [0.1, 0.15) is 18.2 Å². The topological polar surface area (TPSA) is 77.3 Å². The van der Waals surface area contributed by atoms with E-state index in [4.69, 9.17) is 19.5 Å². The van der Waals surface area contributed by atoms with Gasteiger partial charge in [0.05, 0.1) is 12.8 Å². The van der Waals surface area contributed by atoms with E-state index in [1.165, 1.54) is 6.20 Å². The Bertz CT molecular complexity index is 365. The average molecular weight is 237 g/mol. The van der Waals surface area contributed by atoms with Gasteiger partial charge in [-0.05, 0) is 12.5 Å². The molecule has 6 nitrogen and oxygen atoms in total. The number of hydrogen-bond acceptors (Lipinski definition) is 6. The number of nitriles is 1. The Morgan fingerprint density at radius 3 is 2.94 bits per heavy atom. The summed E-state index contributed by atoms with van der Waals surface area (Å²) in [6, 6.07) is 3.54. The lowest BCUT2D eigenvalue weighted by Gasteiger charge is -2.06. The zero-order valence-electron chi connectivity index (χ0n) is 9.76. The van der Waals surface area contributed by atoms with Crippen LogP contribution >= 0.6 is 0 Å². The van der Waals surface area contributed by atoms with Gasteiger partial charge in [-0.3, -0.25) is 0 Å². The van der Waals surface area contributed by atoms with Gasteiger partial charge in [0.2, 0.25) is 0 Å². The monoisotopic (exact) mass is 237 g/mol. The standard InChI is InChI=1S/C11H15N3O3/c1-15-5-2-6-16-7-8-17-11-10(9-12)3-4-13-14-11/h3-4H,2,5-8H2,1H3. The van der Waals surface area contributed by atoms with Crippen molar-refractivity contribution in [2.75, 3.05) is 33.5 Å². The molecule has 0 aliphatic heterocycles. The quantitative estimate of drug-likeness (QED) is 0.622. The number of ether oxygens (including phenoxy) is 3. The van der Waals surface area contributed by atoms with E-state index < -0.39 is 0 Å². The molecule has 0 spiro atoms. The molecule has 0 saturated heterocycles. The van der Waals surface area contributed by atoms with Gasteiger partial charge in [-0.15, -0.1) is 5.10 Å². The van der Waals surface area contributed by atoms with Gasteiger partial charge in [0.15, 0.2) is 0 Å². The summed E-state index contributed by atoms with van der Waals surface area (Å²) in [7, 11) is 1.65. The van der Waals surface area contributed by atoms with Crippen LogP contribution in [0, 0.1) is 11.3 Å². The maximum absolute atomic E-state index is 8.78. The van der Waals surface area contributed by atoms with Crippen molar-refractivity contribution in [2.45, 2.75) is 6.42 Å². The van der Waals surface area contributed by atoms with Crippen LogP contribution in [0.1, 0.15) is 12.0 Å². The highest BCUT2D eigenvalue weighted by Crippen LogP contribution is 2.10. The Kier molecular flexibility index (Phi) is 6.63. The SMILES string of the molecule is COCCCOCCOc1nnccc1C#N. The summed E-state index contributed by atoms with van der Waals surface area (Å²) in [6.07, 6.45) is 2.30. The second-order valence-corrected chi connectivity index (χ2v) is 3.17. The summed E-state index contributed by atoms with van der Waals surface area (Å²) < 4.78 is 15.5. The van der Waals surface area contributed by atoms with Gasteiger partial charge in [-0.1, -0.05) is 0 Å². The highest BCUT2D eigenvalue weighted by atomic mass is 16.5. The Morgan fingerprint density at radius 1 is 1.29 bits per heavy atom. The van der Waals surface area contributed by atoms with E-state index in [-0.39, 0.29) is 5.88 Å². The molecule has 1 aromatic heterocycles. The first kappa shape index (κ1) is 13.4. The van der Waals surface area contributed by atoms with Crippen LogP contribution in [-0.2, 0) is 9.47 Å². The van der Waals surface area contributed by atoms with Gasteiger partial charge >= 0.3 is 0 Å². The van der Waals surface area contributed by atoms with Crippen molar-refractivity contribution in [3.05, 3.63) is 17.8 Å². The minimum Gasteiger partial charge on any atom is -0.473 e. The van der Waals surface area contributed by atoms with Gasteiger partial charge in [0.25, 0.3) is 5.88 Å². The highest BCUT2D eigenvalue weighted by molar-refractivity contribution is 5.35. The largest absolute Gasteiger partial charge is 0.473 e. The van der Waals surface area contributed by atoms with Gasteiger partial charge in [-0.2, -0.15) is 10.4 Å². The predicted octanol–water partition coefficient (Wildman–Crippen LogP) is 0.780. The fourth-order valence-corrected chi connectivity index (χ4v) is 1.12. The van der Waals surface area contributed by atoms with E-state index in [1.807, 2.05) is 6.07 Å². The van der Waals surface area contributed by atoms with Crippen LogP contribution in [0.2, 0.25) is 0 Å². The molecule has 1 rings (SSSR count). The van der Waals surface area contributed by atoms with Gasteiger partial charge in [0, 0.05) is 20.3 Å². The molecule has 0 aliphatic carbocycles. The third-order valence-corrected chi connectivity index (χ3v) is 1.91. The molecule has 0 N–H and O–H groups in total. The zero-order chi connectivity index (χ0) is 12.3.